The lowest BCUT2D eigenvalue weighted by Crippen LogP contribution is -2.50. The van der Waals surface area contributed by atoms with Crippen molar-refractivity contribution in [2.75, 3.05) is 12.4 Å². The van der Waals surface area contributed by atoms with Crippen LogP contribution in [0.4, 0.5) is 36.4 Å². The lowest BCUT2D eigenvalue weighted by Gasteiger charge is -2.30. The van der Waals surface area contributed by atoms with Crippen LogP contribution >= 0.6 is 34.8 Å². The highest BCUT2D eigenvalue weighted by Crippen LogP contribution is 2.54. The molecule has 1 aliphatic carbocycles. The van der Waals surface area contributed by atoms with Gasteiger partial charge in [0.2, 0.25) is 0 Å². The number of hydrogen-bond donors (Lipinski definition) is 2. The summed E-state index contributed by atoms with van der Waals surface area (Å²) in [7, 11) is 1.42. The number of alkyl halides is 7. The molecule has 1 fully saturated rings. The Kier molecular flexibility index (Phi) is 8.18. The molecule has 1 aromatic carbocycles. The molecule has 2 aromatic rings. The summed E-state index contributed by atoms with van der Waals surface area (Å²) < 4.78 is 93.0. The van der Waals surface area contributed by atoms with E-state index in [1.807, 2.05) is 0 Å². The minimum absolute atomic E-state index is 0.00100. The minimum atomic E-state index is -6.36. The largest absolute Gasteiger partial charge is 0.435 e. The predicted molar refractivity (Wildman–Crippen MR) is 131 cm³/mol. The Balaban J connectivity index is 1.97. The molecule has 0 unspecified atom stereocenters. The molecular weight excluding hydrogens is 602 g/mol. The van der Waals surface area contributed by atoms with Gasteiger partial charge >= 0.3 is 18.0 Å². The Labute approximate surface area is 231 Å². The monoisotopic (exact) mass is 615 g/mol. The number of benzene rings is 1. The number of anilines is 1. The molecule has 2 N–H and O–H groups in total. The Bertz CT molecular complexity index is 1360. The number of nitriles is 1. The molecule has 16 heteroatoms. The smallest absolute Gasteiger partial charge is 0.359 e. The molecule has 1 aromatic heterocycles. The maximum atomic E-state index is 14.4. The quantitative estimate of drug-likeness (QED) is 0.191. The van der Waals surface area contributed by atoms with Gasteiger partial charge in [-0.25, -0.2) is 9.37 Å². The molecule has 0 radical (unpaired) electrons. The zero-order valence-corrected chi connectivity index (χ0v) is 21.7. The molecular formula is C23H15Cl3F7N5O. The number of carbonyl (C=O) groups is 1. The van der Waals surface area contributed by atoms with Gasteiger partial charge in [0.15, 0.2) is 0 Å². The van der Waals surface area contributed by atoms with Crippen molar-refractivity contribution in [1.29, 1.82) is 10.7 Å². The molecule has 0 aliphatic heterocycles. The Hall–Kier alpha value is -3.08. The van der Waals surface area contributed by atoms with E-state index in [4.69, 9.17) is 40.2 Å². The van der Waals surface area contributed by atoms with Gasteiger partial charge in [0.25, 0.3) is 5.91 Å². The van der Waals surface area contributed by atoms with E-state index < -0.39 is 50.8 Å². The van der Waals surface area contributed by atoms with Crippen LogP contribution in [0.15, 0.2) is 30.6 Å². The third-order valence-corrected chi connectivity index (χ3v) is 6.93. The average Bonchev–Trinajstić information content (AvgIpc) is 3.65. The van der Waals surface area contributed by atoms with E-state index in [0.717, 1.165) is 12.4 Å². The standard InChI is InChI=1S/C23H15Cl3F7N5O/c1-38(20(10-35)2-3-20)19(39)14-4-11(8-37-18(14)26)12(7-34)9-36-17-15(24)5-13(6-16(17)25)21(27,22(28,29)30)23(31,32)33/h4-9,34,36H,2-3H2,1H3/b12-9+,34-7?. The van der Waals surface area contributed by atoms with Gasteiger partial charge in [-0.2, -0.15) is 31.6 Å². The Morgan fingerprint density at radius 3 is 2.08 bits per heavy atom. The summed E-state index contributed by atoms with van der Waals surface area (Å²) in [6, 6.07) is 3.60. The number of hydrogen-bond acceptors (Lipinski definition) is 5. The van der Waals surface area contributed by atoms with E-state index >= 15 is 0 Å². The van der Waals surface area contributed by atoms with Gasteiger partial charge in [-0.1, -0.05) is 34.8 Å². The van der Waals surface area contributed by atoms with Crippen LogP contribution in [0, 0.1) is 16.7 Å². The molecule has 1 saturated carbocycles. The number of amides is 1. The minimum Gasteiger partial charge on any atom is -0.359 e. The van der Waals surface area contributed by atoms with Crippen LogP contribution in [0.5, 0.6) is 0 Å². The number of nitrogens with zero attached hydrogens (tertiary/aromatic N) is 3. The van der Waals surface area contributed by atoms with Crippen molar-refractivity contribution in [1.82, 2.24) is 9.88 Å². The molecule has 0 atom stereocenters. The molecule has 208 valence electrons. The number of allylic oxidation sites excluding steroid dienone is 1. The van der Waals surface area contributed by atoms with E-state index in [1.54, 1.807) is 0 Å². The molecule has 1 aliphatic rings. The molecule has 3 rings (SSSR count). The highest BCUT2D eigenvalue weighted by Gasteiger charge is 2.73. The fraction of sp³-hybridized carbons (Fsp3) is 0.304. The lowest BCUT2D eigenvalue weighted by atomic mass is 9.94. The van der Waals surface area contributed by atoms with Crippen LogP contribution in [0.3, 0.4) is 0 Å². The first-order chi connectivity index (χ1) is 17.9. The molecule has 1 heterocycles. The van der Waals surface area contributed by atoms with Crippen LogP contribution in [0.25, 0.3) is 5.57 Å². The highest BCUT2D eigenvalue weighted by atomic mass is 35.5. The molecule has 1 amide bonds. The second-order valence-corrected chi connectivity index (χ2v) is 9.60. The van der Waals surface area contributed by atoms with Crippen molar-refractivity contribution >= 4 is 58.2 Å². The second kappa shape index (κ2) is 10.5. The Morgan fingerprint density at radius 2 is 1.64 bits per heavy atom. The molecule has 0 spiro atoms. The highest BCUT2D eigenvalue weighted by molar-refractivity contribution is 6.39. The van der Waals surface area contributed by atoms with Gasteiger partial charge in [0, 0.05) is 42.4 Å². The van der Waals surface area contributed by atoms with E-state index in [2.05, 4.69) is 16.4 Å². The maximum absolute atomic E-state index is 14.4. The molecule has 0 saturated heterocycles. The summed E-state index contributed by atoms with van der Waals surface area (Å²) in [5.74, 6) is -0.614. The number of pyridine rings is 1. The molecule has 6 nitrogen and oxygen atoms in total. The van der Waals surface area contributed by atoms with Crippen molar-refractivity contribution in [3.63, 3.8) is 0 Å². The van der Waals surface area contributed by atoms with Gasteiger partial charge in [-0.15, -0.1) is 0 Å². The summed E-state index contributed by atoms with van der Waals surface area (Å²) in [6.07, 6.45) is -8.76. The van der Waals surface area contributed by atoms with E-state index in [0.29, 0.717) is 12.8 Å². The fourth-order valence-electron chi connectivity index (χ4n) is 3.53. The number of carbonyl (C=O) groups excluding carboxylic acids is 1. The zero-order chi connectivity index (χ0) is 29.6. The number of nitrogens with one attached hydrogen (secondary N) is 2. The fourth-order valence-corrected chi connectivity index (χ4v) is 4.31. The van der Waals surface area contributed by atoms with Crippen LogP contribution in [-0.4, -0.2) is 46.9 Å². The van der Waals surface area contributed by atoms with Gasteiger partial charge in [0.05, 0.1) is 27.4 Å². The summed E-state index contributed by atoms with van der Waals surface area (Å²) in [6.45, 7) is 0. The summed E-state index contributed by atoms with van der Waals surface area (Å²) >= 11 is 17.8. The normalized spacial score (nSPS) is 15.4. The topological polar surface area (TPSA) is 92.9 Å². The van der Waals surface area contributed by atoms with Crippen LogP contribution < -0.4 is 5.32 Å². The SMILES string of the molecule is CN(C(=O)c1cc(/C(C=N)=C/Nc2c(Cl)cc(C(F)(C(F)(F)F)C(F)(F)F)cc2Cl)cnc1Cl)C1(C#N)CC1. The van der Waals surface area contributed by atoms with Crippen molar-refractivity contribution in [3.05, 3.63) is 62.5 Å². The average molecular weight is 617 g/mol. The second-order valence-electron chi connectivity index (χ2n) is 8.43. The van der Waals surface area contributed by atoms with Crippen LogP contribution in [-0.2, 0) is 5.67 Å². The number of aromatic nitrogens is 1. The summed E-state index contributed by atoms with van der Waals surface area (Å²) in [5, 5.41) is 17.7. The molecule has 39 heavy (non-hydrogen) atoms. The van der Waals surface area contributed by atoms with Crippen molar-refractivity contribution < 1.29 is 35.5 Å². The van der Waals surface area contributed by atoms with Crippen LogP contribution in [0.2, 0.25) is 15.2 Å². The maximum Gasteiger partial charge on any atom is 0.435 e. The first-order valence-electron chi connectivity index (χ1n) is 10.6. The predicted octanol–water partition coefficient (Wildman–Crippen LogP) is 7.56. The molecule has 0 bridgehead atoms. The third-order valence-electron chi connectivity index (χ3n) is 6.03. The van der Waals surface area contributed by atoms with Gasteiger partial charge in [-0.05, 0) is 31.0 Å². The first kappa shape index (κ1) is 30.5. The van der Waals surface area contributed by atoms with Gasteiger partial charge in [-0.3, -0.25) is 4.79 Å². The van der Waals surface area contributed by atoms with Crippen molar-refractivity contribution in [3.8, 4) is 6.07 Å². The lowest BCUT2D eigenvalue weighted by molar-refractivity contribution is -0.348. The van der Waals surface area contributed by atoms with Gasteiger partial charge in [0.1, 0.15) is 10.7 Å². The van der Waals surface area contributed by atoms with E-state index in [1.165, 1.54) is 24.2 Å². The van der Waals surface area contributed by atoms with Gasteiger partial charge < -0.3 is 15.6 Å². The summed E-state index contributed by atoms with van der Waals surface area (Å²) in [5.41, 5.74) is -8.93. The third kappa shape index (κ3) is 5.50. The Morgan fingerprint density at radius 1 is 1.10 bits per heavy atom. The van der Waals surface area contributed by atoms with E-state index in [9.17, 15) is 40.8 Å². The zero-order valence-electron chi connectivity index (χ0n) is 19.4. The summed E-state index contributed by atoms with van der Waals surface area (Å²) in [4.78, 5) is 18.1. The van der Waals surface area contributed by atoms with Crippen molar-refractivity contribution in [2.24, 2.45) is 0 Å². The van der Waals surface area contributed by atoms with Crippen molar-refractivity contribution in [2.45, 2.75) is 36.4 Å². The number of rotatable bonds is 7. The van der Waals surface area contributed by atoms with Crippen LogP contribution in [0.1, 0.15) is 34.3 Å². The van der Waals surface area contributed by atoms with E-state index in [-0.39, 0.29) is 34.0 Å². The number of halogens is 10. The first-order valence-corrected chi connectivity index (χ1v) is 11.7.